The third kappa shape index (κ3) is 5.47. The van der Waals surface area contributed by atoms with E-state index in [1.54, 1.807) is 48.5 Å². The van der Waals surface area contributed by atoms with Crippen molar-refractivity contribution in [2.75, 3.05) is 12.5 Å². The maximum atomic E-state index is 12.8. The Morgan fingerprint density at radius 1 is 0.974 bits per heavy atom. The molecule has 1 aliphatic heterocycles. The molecule has 0 saturated carbocycles. The Kier molecular flexibility index (Phi) is 7.28. The molecule has 0 radical (unpaired) electrons. The summed E-state index contributed by atoms with van der Waals surface area (Å²) in [7, 11) is 0. The maximum absolute atomic E-state index is 12.8. The highest BCUT2D eigenvalue weighted by Gasteiger charge is 2.19. The SMILES string of the molecule is CCc1c(-c2ccc3c(c2)OCO3)nc(SCC(=O)c2ccc(OC(=O)c3ccc(C)cc3)cc2)[nH]c1=O. The summed E-state index contributed by atoms with van der Waals surface area (Å²) in [6.07, 6.45) is 0.497. The molecule has 0 amide bonds. The minimum atomic E-state index is -0.469. The van der Waals surface area contributed by atoms with Gasteiger partial charge in [-0.15, -0.1) is 0 Å². The number of nitrogens with zero attached hydrogens (tertiary/aromatic N) is 1. The molecule has 0 fully saturated rings. The van der Waals surface area contributed by atoms with E-state index in [4.69, 9.17) is 14.2 Å². The monoisotopic (exact) mass is 528 g/mol. The summed E-state index contributed by atoms with van der Waals surface area (Å²) in [6.45, 7) is 3.98. The Morgan fingerprint density at radius 2 is 1.68 bits per heavy atom. The Labute approximate surface area is 223 Å². The number of ketones is 1. The number of carbonyl (C=O) groups excluding carboxylic acids is 2. The summed E-state index contributed by atoms with van der Waals surface area (Å²) in [5, 5.41) is 0.344. The molecular weight excluding hydrogens is 504 g/mol. The second kappa shape index (κ2) is 10.9. The van der Waals surface area contributed by atoms with Gasteiger partial charge in [-0.05, 0) is 67.9 Å². The first-order chi connectivity index (χ1) is 18.4. The van der Waals surface area contributed by atoms with Crippen LogP contribution in [0.15, 0.2) is 76.7 Å². The van der Waals surface area contributed by atoms with E-state index in [2.05, 4.69) is 9.97 Å². The van der Waals surface area contributed by atoms with Gasteiger partial charge in [0.2, 0.25) is 6.79 Å². The smallest absolute Gasteiger partial charge is 0.343 e. The predicted octanol–water partition coefficient (Wildman–Crippen LogP) is 5.23. The van der Waals surface area contributed by atoms with Crippen molar-refractivity contribution in [3.63, 3.8) is 0 Å². The van der Waals surface area contributed by atoms with Crippen LogP contribution in [0.2, 0.25) is 0 Å². The number of fused-ring (bicyclic) bond motifs is 1. The van der Waals surface area contributed by atoms with Crippen molar-refractivity contribution in [1.82, 2.24) is 9.97 Å². The highest BCUT2D eigenvalue weighted by atomic mass is 32.2. The van der Waals surface area contributed by atoms with Crippen LogP contribution in [0.5, 0.6) is 17.2 Å². The van der Waals surface area contributed by atoms with Crippen molar-refractivity contribution in [3.05, 3.63) is 99.3 Å². The van der Waals surface area contributed by atoms with Crippen LogP contribution in [0, 0.1) is 6.92 Å². The number of esters is 1. The molecule has 3 aromatic carbocycles. The van der Waals surface area contributed by atoms with Crippen molar-refractivity contribution in [2.45, 2.75) is 25.4 Å². The number of thioether (sulfide) groups is 1. The first-order valence-electron chi connectivity index (χ1n) is 12.0. The zero-order valence-corrected chi connectivity index (χ0v) is 21.6. The summed E-state index contributed by atoms with van der Waals surface area (Å²) in [6, 6.07) is 18.9. The molecular formula is C29H24N2O6S. The van der Waals surface area contributed by atoms with Crippen molar-refractivity contribution in [1.29, 1.82) is 0 Å². The first-order valence-corrected chi connectivity index (χ1v) is 13.0. The number of aromatic amines is 1. The normalized spacial score (nSPS) is 11.8. The number of ether oxygens (including phenoxy) is 3. The van der Waals surface area contributed by atoms with Gasteiger partial charge in [0.1, 0.15) is 5.75 Å². The van der Waals surface area contributed by atoms with E-state index in [1.807, 2.05) is 32.0 Å². The summed E-state index contributed by atoms with van der Waals surface area (Å²) in [5.41, 5.74) is 3.54. The molecule has 0 spiro atoms. The molecule has 1 aromatic heterocycles. The number of aryl methyl sites for hydroxylation is 1. The molecule has 1 N–H and O–H groups in total. The van der Waals surface area contributed by atoms with E-state index in [-0.39, 0.29) is 23.9 Å². The molecule has 0 aliphatic carbocycles. The van der Waals surface area contributed by atoms with E-state index in [9.17, 15) is 14.4 Å². The first kappa shape index (κ1) is 25.3. The summed E-state index contributed by atoms with van der Waals surface area (Å²) in [5.74, 6) is 1.03. The quantitative estimate of drug-likeness (QED) is 0.109. The molecule has 0 unspecified atom stereocenters. The van der Waals surface area contributed by atoms with Gasteiger partial charge in [0.05, 0.1) is 17.0 Å². The topological polar surface area (TPSA) is 108 Å². The second-order valence-electron chi connectivity index (χ2n) is 8.61. The second-order valence-corrected chi connectivity index (χ2v) is 9.58. The van der Waals surface area contributed by atoms with Crippen molar-refractivity contribution in [2.24, 2.45) is 0 Å². The highest BCUT2D eigenvalue weighted by molar-refractivity contribution is 7.99. The lowest BCUT2D eigenvalue weighted by Gasteiger charge is -2.10. The van der Waals surface area contributed by atoms with Gasteiger partial charge in [-0.1, -0.05) is 36.4 Å². The van der Waals surface area contributed by atoms with E-state index >= 15 is 0 Å². The van der Waals surface area contributed by atoms with Gasteiger partial charge < -0.3 is 19.2 Å². The van der Waals surface area contributed by atoms with Gasteiger partial charge in [0, 0.05) is 16.7 Å². The van der Waals surface area contributed by atoms with E-state index in [0.717, 1.165) is 22.9 Å². The molecule has 38 heavy (non-hydrogen) atoms. The molecule has 0 saturated heterocycles. The van der Waals surface area contributed by atoms with Crippen molar-refractivity contribution in [3.8, 4) is 28.5 Å². The van der Waals surface area contributed by atoms with Crippen LogP contribution < -0.4 is 19.8 Å². The number of aromatic nitrogens is 2. The molecule has 4 aromatic rings. The lowest BCUT2D eigenvalue weighted by atomic mass is 10.0. The van der Waals surface area contributed by atoms with Crippen LogP contribution in [0.3, 0.4) is 0 Å². The minimum absolute atomic E-state index is 0.0670. The standard InChI is InChI=1S/C29H24N2O6S/c1-3-22-26(20-10-13-24-25(14-20)36-16-35-24)30-29(31-27(22)33)38-15-23(32)18-8-11-21(12-9-18)37-28(34)19-6-4-17(2)5-7-19/h4-14H,3,15-16H2,1-2H3,(H,30,31,33). The number of rotatable bonds is 8. The van der Waals surface area contributed by atoms with Gasteiger partial charge >= 0.3 is 5.97 Å². The minimum Gasteiger partial charge on any atom is -0.454 e. The van der Waals surface area contributed by atoms with E-state index < -0.39 is 5.97 Å². The fraction of sp³-hybridized carbons (Fsp3) is 0.172. The average molecular weight is 529 g/mol. The zero-order chi connectivity index (χ0) is 26.6. The fourth-order valence-electron chi connectivity index (χ4n) is 3.94. The molecule has 8 nitrogen and oxygen atoms in total. The van der Waals surface area contributed by atoms with Gasteiger partial charge in [0.15, 0.2) is 22.4 Å². The van der Waals surface area contributed by atoms with Crippen LogP contribution in [0.25, 0.3) is 11.3 Å². The van der Waals surface area contributed by atoms with Crippen LogP contribution in [-0.4, -0.2) is 34.3 Å². The highest BCUT2D eigenvalue weighted by Crippen LogP contribution is 2.36. The number of benzene rings is 3. The number of Topliss-reactive ketones (excluding diaryl/α,β-unsaturated/α-hetero) is 1. The third-order valence-electron chi connectivity index (χ3n) is 6.01. The number of H-pyrrole nitrogens is 1. The van der Waals surface area contributed by atoms with Crippen molar-refractivity contribution >= 4 is 23.5 Å². The van der Waals surface area contributed by atoms with E-state index in [1.165, 1.54) is 0 Å². The van der Waals surface area contributed by atoms with Crippen LogP contribution in [-0.2, 0) is 6.42 Å². The van der Waals surface area contributed by atoms with Gasteiger partial charge in [-0.25, -0.2) is 9.78 Å². The maximum Gasteiger partial charge on any atom is 0.343 e. The largest absolute Gasteiger partial charge is 0.454 e. The number of hydrogen-bond donors (Lipinski definition) is 1. The number of carbonyl (C=O) groups is 2. The molecule has 9 heteroatoms. The summed E-state index contributed by atoms with van der Waals surface area (Å²) in [4.78, 5) is 45.3. The van der Waals surface area contributed by atoms with E-state index in [0.29, 0.717) is 51.2 Å². The van der Waals surface area contributed by atoms with Crippen LogP contribution in [0.4, 0.5) is 0 Å². The Hall–Kier alpha value is -4.37. The summed E-state index contributed by atoms with van der Waals surface area (Å²) >= 11 is 1.15. The molecule has 192 valence electrons. The molecule has 1 aliphatic rings. The predicted molar refractivity (Wildman–Crippen MR) is 143 cm³/mol. The van der Waals surface area contributed by atoms with Gasteiger partial charge in [0.25, 0.3) is 5.56 Å². The summed E-state index contributed by atoms with van der Waals surface area (Å²) < 4.78 is 16.2. The average Bonchev–Trinajstić information content (AvgIpc) is 3.40. The molecule has 2 heterocycles. The molecule has 0 atom stereocenters. The number of nitrogens with one attached hydrogen (secondary N) is 1. The van der Waals surface area contributed by atoms with Crippen molar-refractivity contribution < 1.29 is 23.8 Å². The molecule has 5 rings (SSSR count). The van der Waals surface area contributed by atoms with Crippen LogP contribution >= 0.6 is 11.8 Å². The lowest BCUT2D eigenvalue weighted by molar-refractivity contribution is 0.0734. The zero-order valence-electron chi connectivity index (χ0n) is 20.8. The van der Waals surface area contributed by atoms with Gasteiger partial charge in [-0.3, -0.25) is 9.59 Å². The fourth-order valence-corrected chi connectivity index (χ4v) is 4.69. The van der Waals surface area contributed by atoms with Crippen LogP contribution in [0.1, 0.15) is 38.8 Å². The Morgan fingerprint density at radius 3 is 2.42 bits per heavy atom. The van der Waals surface area contributed by atoms with Gasteiger partial charge in [-0.2, -0.15) is 0 Å². The number of hydrogen-bond acceptors (Lipinski definition) is 8. The molecule has 0 bridgehead atoms. The lowest BCUT2D eigenvalue weighted by Crippen LogP contribution is -2.17. The third-order valence-corrected chi connectivity index (χ3v) is 6.88. The Bertz CT molecular complexity index is 1560. The Balaban J connectivity index is 1.27.